The van der Waals surface area contributed by atoms with Crippen molar-refractivity contribution in [2.45, 2.75) is 19.2 Å². The Kier molecular flexibility index (Phi) is 6.62. The van der Waals surface area contributed by atoms with Gasteiger partial charge >= 0.3 is 6.18 Å². The predicted octanol–water partition coefficient (Wildman–Crippen LogP) is 3.26. The molecule has 0 spiro atoms. The number of hydrogen-bond acceptors (Lipinski definition) is 7. The minimum absolute atomic E-state index is 0.00514. The van der Waals surface area contributed by atoms with E-state index in [1.807, 2.05) is 0 Å². The lowest BCUT2D eigenvalue weighted by atomic mass is 10.0. The van der Waals surface area contributed by atoms with Crippen molar-refractivity contribution in [1.29, 1.82) is 5.26 Å². The van der Waals surface area contributed by atoms with Crippen molar-refractivity contribution in [3.05, 3.63) is 70.5 Å². The maximum atomic E-state index is 13.4. The van der Waals surface area contributed by atoms with Crippen LogP contribution < -0.4 is 10.5 Å². The quantitative estimate of drug-likeness (QED) is 0.515. The highest BCUT2D eigenvalue weighted by molar-refractivity contribution is 5.91. The molecular weight excluding hydrogens is 441 g/mol. The normalized spacial score (nSPS) is 12.2. The SMILES string of the molecule is Cc1cc(Oc2ccc(-c3nc(C(N)=O)cc(C(O)CO)n3)cc2)c(C(F)(F)F)cc1C#N. The number of halogens is 3. The molecule has 3 rings (SSSR count). The number of aromatic nitrogens is 2. The second-order valence-corrected chi connectivity index (χ2v) is 6.96. The standard InChI is InChI=1S/C22H17F3N4O4/c1-11-6-19(15(22(23,24)25)7-13(11)9-26)33-14-4-2-12(3-5-14)21-28-16(18(31)10-30)8-17(29-21)20(27)32/h2-8,18,30-31H,10H2,1H3,(H2,27,32). The van der Waals surface area contributed by atoms with Crippen molar-refractivity contribution in [2.24, 2.45) is 5.73 Å². The number of alkyl halides is 3. The molecule has 1 aromatic heterocycles. The largest absolute Gasteiger partial charge is 0.457 e. The molecule has 1 heterocycles. The van der Waals surface area contributed by atoms with Crippen LogP contribution in [0.4, 0.5) is 13.2 Å². The molecule has 0 aliphatic rings. The fourth-order valence-corrected chi connectivity index (χ4v) is 2.89. The number of nitriles is 1. The fourth-order valence-electron chi connectivity index (χ4n) is 2.89. The molecule has 0 aliphatic heterocycles. The zero-order valence-corrected chi connectivity index (χ0v) is 17.1. The second-order valence-electron chi connectivity index (χ2n) is 6.96. The maximum Gasteiger partial charge on any atom is 0.420 e. The van der Waals surface area contributed by atoms with Crippen LogP contribution >= 0.6 is 0 Å². The van der Waals surface area contributed by atoms with Crippen LogP contribution in [0.3, 0.4) is 0 Å². The molecule has 0 saturated heterocycles. The first kappa shape index (κ1) is 23.6. The monoisotopic (exact) mass is 458 g/mol. The number of carbonyl (C=O) groups is 1. The van der Waals surface area contributed by atoms with E-state index in [0.717, 1.165) is 18.2 Å². The number of amides is 1. The maximum absolute atomic E-state index is 13.4. The van der Waals surface area contributed by atoms with Crippen molar-refractivity contribution in [1.82, 2.24) is 9.97 Å². The van der Waals surface area contributed by atoms with Gasteiger partial charge in [0.25, 0.3) is 5.91 Å². The Hall–Kier alpha value is -4.01. The Morgan fingerprint density at radius 3 is 2.42 bits per heavy atom. The molecule has 0 bridgehead atoms. The summed E-state index contributed by atoms with van der Waals surface area (Å²) in [6.07, 6.45) is -6.10. The van der Waals surface area contributed by atoms with Crippen molar-refractivity contribution < 1.29 is 32.9 Å². The predicted molar refractivity (Wildman–Crippen MR) is 109 cm³/mol. The number of ether oxygens (including phenoxy) is 1. The lowest BCUT2D eigenvalue weighted by Gasteiger charge is -2.15. The fraction of sp³-hybridized carbons (Fsp3) is 0.182. The van der Waals surface area contributed by atoms with Crippen molar-refractivity contribution >= 4 is 5.91 Å². The van der Waals surface area contributed by atoms with E-state index in [0.29, 0.717) is 11.1 Å². The van der Waals surface area contributed by atoms with E-state index in [4.69, 9.17) is 20.8 Å². The van der Waals surface area contributed by atoms with Gasteiger partial charge in [0.2, 0.25) is 0 Å². The molecule has 1 unspecified atom stereocenters. The average Bonchev–Trinajstić information content (AvgIpc) is 2.78. The lowest BCUT2D eigenvalue weighted by Crippen LogP contribution is -2.16. The van der Waals surface area contributed by atoms with E-state index >= 15 is 0 Å². The minimum atomic E-state index is -4.73. The van der Waals surface area contributed by atoms with E-state index in [2.05, 4.69) is 9.97 Å². The van der Waals surface area contributed by atoms with E-state index in [9.17, 15) is 23.1 Å². The third kappa shape index (κ3) is 5.25. The highest BCUT2D eigenvalue weighted by Gasteiger charge is 2.35. The van der Waals surface area contributed by atoms with Gasteiger partial charge in [0, 0.05) is 5.56 Å². The molecule has 1 atom stereocenters. The van der Waals surface area contributed by atoms with Gasteiger partial charge in [0.05, 0.1) is 29.5 Å². The van der Waals surface area contributed by atoms with Crippen LogP contribution in [-0.4, -0.2) is 32.7 Å². The molecule has 0 saturated carbocycles. The molecule has 11 heteroatoms. The first-order chi connectivity index (χ1) is 15.5. The average molecular weight is 458 g/mol. The number of hydrogen-bond donors (Lipinski definition) is 3. The zero-order valence-electron chi connectivity index (χ0n) is 17.1. The highest BCUT2D eigenvalue weighted by atomic mass is 19.4. The van der Waals surface area contributed by atoms with Gasteiger partial charge in [0.1, 0.15) is 23.3 Å². The summed E-state index contributed by atoms with van der Waals surface area (Å²) >= 11 is 0. The van der Waals surface area contributed by atoms with E-state index in [-0.39, 0.29) is 28.5 Å². The highest BCUT2D eigenvalue weighted by Crippen LogP contribution is 2.40. The molecule has 33 heavy (non-hydrogen) atoms. The summed E-state index contributed by atoms with van der Waals surface area (Å²) < 4.78 is 45.7. The second kappa shape index (κ2) is 9.23. The van der Waals surface area contributed by atoms with Crippen LogP contribution in [0, 0.1) is 18.3 Å². The molecular formula is C22H17F3N4O4. The number of aliphatic hydroxyl groups excluding tert-OH is 2. The number of benzene rings is 2. The summed E-state index contributed by atoms with van der Waals surface area (Å²) in [4.78, 5) is 19.7. The Labute approximate surface area is 185 Å². The smallest absolute Gasteiger partial charge is 0.420 e. The Balaban J connectivity index is 1.97. The Bertz CT molecular complexity index is 1240. The first-order valence-electron chi connectivity index (χ1n) is 9.41. The van der Waals surface area contributed by atoms with Crippen molar-refractivity contribution in [2.75, 3.05) is 6.61 Å². The molecule has 0 radical (unpaired) electrons. The molecule has 0 aliphatic carbocycles. The summed E-state index contributed by atoms with van der Waals surface area (Å²) in [7, 11) is 0. The number of nitrogens with zero attached hydrogens (tertiary/aromatic N) is 3. The van der Waals surface area contributed by atoms with Crippen LogP contribution in [0.1, 0.15) is 39.0 Å². The van der Waals surface area contributed by atoms with Crippen molar-refractivity contribution in [3.63, 3.8) is 0 Å². The van der Waals surface area contributed by atoms with Gasteiger partial charge in [-0.1, -0.05) is 0 Å². The third-order valence-corrected chi connectivity index (χ3v) is 4.61. The molecule has 3 aromatic rings. The molecule has 0 fully saturated rings. The summed E-state index contributed by atoms with van der Waals surface area (Å²) in [5, 5.41) is 28.0. The van der Waals surface area contributed by atoms with E-state index in [1.54, 1.807) is 6.07 Å². The molecule has 8 nitrogen and oxygen atoms in total. The molecule has 1 amide bonds. The summed E-state index contributed by atoms with van der Waals surface area (Å²) in [5.41, 5.74) is 4.51. The van der Waals surface area contributed by atoms with Gasteiger partial charge in [-0.3, -0.25) is 4.79 Å². The number of carbonyl (C=O) groups excluding carboxylic acids is 1. The number of nitrogens with two attached hydrogens (primary N) is 1. The number of rotatable bonds is 6. The topological polar surface area (TPSA) is 142 Å². The molecule has 2 aromatic carbocycles. The van der Waals surface area contributed by atoms with E-state index in [1.165, 1.54) is 31.2 Å². The first-order valence-corrected chi connectivity index (χ1v) is 9.41. The number of aliphatic hydroxyl groups is 2. The zero-order chi connectivity index (χ0) is 24.3. The summed E-state index contributed by atoms with van der Waals surface area (Å²) in [5.74, 6) is -1.27. The number of primary amides is 1. The van der Waals surface area contributed by atoms with Crippen LogP contribution in [-0.2, 0) is 6.18 Å². The van der Waals surface area contributed by atoms with Gasteiger partial charge in [-0.2, -0.15) is 18.4 Å². The van der Waals surface area contributed by atoms with Gasteiger partial charge in [-0.05, 0) is 55.0 Å². The van der Waals surface area contributed by atoms with Crippen LogP contribution in [0.5, 0.6) is 11.5 Å². The number of aryl methyl sites for hydroxylation is 1. The molecule has 4 N–H and O–H groups in total. The van der Waals surface area contributed by atoms with Gasteiger partial charge in [-0.15, -0.1) is 0 Å². The lowest BCUT2D eigenvalue weighted by molar-refractivity contribution is -0.138. The Morgan fingerprint density at radius 1 is 1.21 bits per heavy atom. The summed E-state index contributed by atoms with van der Waals surface area (Å²) in [6.45, 7) is 0.850. The van der Waals surface area contributed by atoms with Crippen LogP contribution in [0.15, 0.2) is 42.5 Å². The Morgan fingerprint density at radius 2 is 1.88 bits per heavy atom. The minimum Gasteiger partial charge on any atom is -0.457 e. The van der Waals surface area contributed by atoms with Crippen LogP contribution in [0.2, 0.25) is 0 Å². The third-order valence-electron chi connectivity index (χ3n) is 4.61. The van der Waals surface area contributed by atoms with Gasteiger partial charge < -0.3 is 20.7 Å². The van der Waals surface area contributed by atoms with Gasteiger partial charge in [0.15, 0.2) is 5.82 Å². The molecule has 170 valence electrons. The van der Waals surface area contributed by atoms with Gasteiger partial charge in [-0.25, -0.2) is 9.97 Å². The van der Waals surface area contributed by atoms with Crippen LogP contribution in [0.25, 0.3) is 11.4 Å². The van der Waals surface area contributed by atoms with Crippen molar-refractivity contribution in [3.8, 4) is 29.0 Å². The summed E-state index contributed by atoms with van der Waals surface area (Å²) in [6, 6.07) is 10.3. The van der Waals surface area contributed by atoms with E-state index < -0.39 is 36.1 Å².